The Morgan fingerprint density at radius 1 is 1.16 bits per heavy atom. The van der Waals surface area contributed by atoms with Crippen LogP contribution in [0.1, 0.15) is 15.9 Å². The Kier molecular flexibility index (Phi) is 4.41. The molecule has 98 valence electrons. The molecule has 4 N–H and O–H groups in total. The number of carbonyl (C=O) groups excluding carboxylic acids is 1. The molecule has 2 heterocycles. The fourth-order valence-electron chi connectivity index (χ4n) is 1.67. The van der Waals surface area contributed by atoms with E-state index in [9.17, 15) is 4.79 Å². The highest BCUT2D eigenvalue weighted by molar-refractivity contribution is 5.99. The monoisotopic (exact) mass is 257 g/mol. The van der Waals surface area contributed by atoms with Gasteiger partial charge in [0.05, 0.1) is 11.3 Å². The molecule has 0 saturated carbocycles. The zero-order chi connectivity index (χ0) is 13.5. The van der Waals surface area contributed by atoms with Gasteiger partial charge in [-0.15, -0.1) is 0 Å². The lowest BCUT2D eigenvalue weighted by Crippen LogP contribution is -2.27. The topological polar surface area (TPSA) is 92.9 Å². The van der Waals surface area contributed by atoms with Gasteiger partial charge in [-0.3, -0.25) is 20.6 Å². The average molecular weight is 257 g/mol. The van der Waals surface area contributed by atoms with E-state index in [4.69, 9.17) is 5.84 Å². The van der Waals surface area contributed by atoms with Crippen molar-refractivity contribution in [3.63, 3.8) is 0 Å². The molecular weight excluding hydrogens is 242 g/mol. The van der Waals surface area contributed by atoms with Gasteiger partial charge in [0.2, 0.25) is 0 Å². The molecule has 0 aliphatic rings. The number of hydrogen-bond acceptors (Lipinski definition) is 5. The van der Waals surface area contributed by atoms with E-state index >= 15 is 0 Å². The molecule has 19 heavy (non-hydrogen) atoms. The van der Waals surface area contributed by atoms with Gasteiger partial charge in [-0.2, -0.15) is 0 Å². The molecule has 2 rings (SSSR count). The average Bonchev–Trinajstić information content (AvgIpc) is 2.48. The molecule has 1 amide bonds. The predicted octanol–water partition coefficient (Wildman–Crippen LogP) is 0.735. The third-order valence-corrected chi connectivity index (χ3v) is 2.67. The van der Waals surface area contributed by atoms with Gasteiger partial charge in [0, 0.05) is 31.3 Å². The molecule has 0 aliphatic carbocycles. The maximum atomic E-state index is 12.0. The first-order valence-electron chi connectivity index (χ1n) is 5.89. The van der Waals surface area contributed by atoms with Crippen LogP contribution < -0.4 is 16.6 Å². The lowest BCUT2D eigenvalue weighted by atomic mass is 10.2. The van der Waals surface area contributed by atoms with Gasteiger partial charge in [0.15, 0.2) is 0 Å². The number of nitrogens with one attached hydrogen (secondary N) is 2. The minimum atomic E-state index is -0.199. The van der Waals surface area contributed by atoms with E-state index in [1.54, 1.807) is 24.7 Å². The molecule has 0 fully saturated rings. The van der Waals surface area contributed by atoms with Crippen LogP contribution in [-0.4, -0.2) is 22.4 Å². The normalized spacial score (nSPS) is 9.95. The minimum Gasteiger partial charge on any atom is -0.352 e. The summed E-state index contributed by atoms with van der Waals surface area (Å²) < 4.78 is 0. The number of pyridine rings is 2. The van der Waals surface area contributed by atoms with Gasteiger partial charge in [-0.25, -0.2) is 0 Å². The van der Waals surface area contributed by atoms with Gasteiger partial charge < -0.3 is 10.7 Å². The van der Waals surface area contributed by atoms with Crippen molar-refractivity contribution >= 4 is 11.6 Å². The summed E-state index contributed by atoms with van der Waals surface area (Å²) in [5, 5.41) is 2.83. The van der Waals surface area contributed by atoms with Crippen molar-refractivity contribution < 1.29 is 4.79 Å². The summed E-state index contributed by atoms with van der Waals surface area (Å²) in [6.07, 6.45) is 7.27. The molecular formula is C13H15N5O. The van der Waals surface area contributed by atoms with Gasteiger partial charge in [-0.05, 0) is 30.2 Å². The summed E-state index contributed by atoms with van der Waals surface area (Å²) in [4.78, 5) is 19.8. The zero-order valence-corrected chi connectivity index (χ0v) is 10.3. The van der Waals surface area contributed by atoms with Gasteiger partial charge in [0.1, 0.15) is 0 Å². The highest BCUT2D eigenvalue weighted by Crippen LogP contribution is 2.11. The van der Waals surface area contributed by atoms with Gasteiger partial charge in [0.25, 0.3) is 5.91 Å². The first-order chi connectivity index (χ1) is 9.31. The summed E-state index contributed by atoms with van der Waals surface area (Å²) in [7, 11) is 0. The Bertz CT molecular complexity index is 544. The maximum Gasteiger partial charge on any atom is 0.255 e. The maximum absolute atomic E-state index is 12.0. The van der Waals surface area contributed by atoms with Crippen LogP contribution >= 0.6 is 0 Å². The van der Waals surface area contributed by atoms with E-state index in [-0.39, 0.29) is 5.91 Å². The van der Waals surface area contributed by atoms with Crippen molar-refractivity contribution in [2.24, 2.45) is 5.84 Å². The highest BCUT2D eigenvalue weighted by Gasteiger charge is 2.09. The highest BCUT2D eigenvalue weighted by atomic mass is 16.1. The van der Waals surface area contributed by atoms with Crippen LogP contribution in [0.5, 0.6) is 0 Å². The Morgan fingerprint density at radius 2 is 1.89 bits per heavy atom. The van der Waals surface area contributed by atoms with Crippen molar-refractivity contribution in [2.75, 3.05) is 12.0 Å². The quantitative estimate of drug-likeness (QED) is 0.542. The molecule has 0 atom stereocenters. The van der Waals surface area contributed by atoms with Crippen molar-refractivity contribution in [3.8, 4) is 0 Å². The van der Waals surface area contributed by atoms with E-state index < -0.39 is 0 Å². The number of amides is 1. The number of carbonyl (C=O) groups is 1. The molecule has 0 aliphatic heterocycles. The Balaban J connectivity index is 1.91. The van der Waals surface area contributed by atoms with Crippen LogP contribution in [0.25, 0.3) is 0 Å². The number of nitrogens with two attached hydrogens (primary N) is 1. The molecule has 2 aromatic rings. The number of aromatic nitrogens is 2. The summed E-state index contributed by atoms with van der Waals surface area (Å²) in [5.74, 6) is 5.14. The molecule has 0 radical (unpaired) electrons. The van der Waals surface area contributed by atoms with E-state index in [1.165, 1.54) is 6.20 Å². The van der Waals surface area contributed by atoms with E-state index in [0.29, 0.717) is 17.8 Å². The molecule has 0 saturated heterocycles. The van der Waals surface area contributed by atoms with Crippen LogP contribution in [0.4, 0.5) is 5.69 Å². The minimum absolute atomic E-state index is 0.199. The SMILES string of the molecule is NNc1ccncc1C(=O)NCCc1ccncc1. The molecule has 0 bridgehead atoms. The number of hydrazine groups is 1. The number of nitrogen functional groups attached to an aromatic ring is 1. The number of rotatable bonds is 5. The lowest BCUT2D eigenvalue weighted by Gasteiger charge is -2.08. The fraction of sp³-hybridized carbons (Fsp3) is 0.154. The number of anilines is 1. The van der Waals surface area contributed by atoms with Crippen LogP contribution in [-0.2, 0) is 6.42 Å². The smallest absolute Gasteiger partial charge is 0.255 e. The summed E-state index contributed by atoms with van der Waals surface area (Å²) in [6, 6.07) is 5.49. The summed E-state index contributed by atoms with van der Waals surface area (Å²) in [5.41, 5.74) is 4.58. The largest absolute Gasteiger partial charge is 0.352 e. The first-order valence-corrected chi connectivity index (χ1v) is 5.89. The zero-order valence-electron chi connectivity index (χ0n) is 10.3. The predicted molar refractivity (Wildman–Crippen MR) is 72.3 cm³/mol. The van der Waals surface area contributed by atoms with Crippen molar-refractivity contribution in [1.82, 2.24) is 15.3 Å². The molecule has 0 aromatic carbocycles. The van der Waals surface area contributed by atoms with Crippen LogP contribution in [0.2, 0.25) is 0 Å². The van der Waals surface area contributed by atoms with Gasteiger partial charge >= 0.3 is 0 Å². The Morgan fingerprint density at radius 3 is 2.63 bits per heavy atom. The second kappa shape index (κ2) is 6.46. The number of hydrogen-bond donors (Lipinski definition) is 3. The van der Waals surface area contributed by atoms with Crippen molar-refractivity contribution in [2.45, 2.75) is 6.42 Å². The fourth-order valence-corrected chi connectivity index (χ4v) is 1.67. The third kappa shape index (κ3) is 3.49. The van der Waals surface area contributed by atoms with Crippen LogP contribution in [0.3, 0.4) is 0 Å². The molecule has 6 nitrogen and oxygen atoms in total. The van der Waals surface area contributed by atoms with E-state index in [0.717, 1.165) is 12.0 Å². The second-order valence-electron chi connectivity index (χ2n) is 3.93. The first kappa shape index (κ1) is 13.0. The second-order valence-corrected chi connectivity index (χ2v) is 3.93. The van der Waals surface area contributed by atoms with Crippen LogP contribution in [0.15, 0.2) is 43.0 Å². The molecule has 0 spiro atoms. The van der Waals surface area contributed by atoms with Crippen molar-refractivity contribution in [1.29, 1.82) is 0 Å². The van der Waals surface area contributed by atoms with Crippen LogP contribution in [0, 0.1) is 0 Å². The van der Waals surface area contributed by atoms with E-state index in [2.05, 4.69) is 20.7 Å². The third-order valence-electron chi connectivity index (χ3n) is 2.67. The Hall–Kier alpha value is -2.47. The summed E-state index contributed by atoms with van der Waals surface area (Å²) in [6.45, 7) is 0.543. The molecule has 2 aromatic heterocycles. The lowest BCUT2D eigenvalue weighted by molar-refractivity contribution is 0.0954. The van der Waals surface area contributed by atoms with E-state index in [1.807, 2.05) is 12.1 Å². The molecule has 6 heteroatoms. The standard InChI is InChI=1S/C13H15N5O/c14-18-12-4-7-16-9-11(12)13(19)17-8-3-10-1-5-15-6-2-10/h1-2,4-7,9H,3,8,14H2,(H,16,18)(H,17,19). The van der Waals surface area contributed by atoms with Gasteiger partial charge in [-0.1, -0.05) is 0 Å². The molecule has 0 unspecified atom stereocenters. The summed E-state index contributed by atoms with van der Waals surface area (Å²) >= 11 is 0. The Labute approximate surface area is 111 Å². The van der Waals surface area contributed by atoms with Crippen molar-refractivity contribution in [3.05, 3.63) is 54.1 Å². The number of nitrogens with zero attached hydrogens (tertiary/aromatic N) is 2.